The molecule has 74 heavy (non-hydrogen) atoms. The van der Waals surface area contributed by atoms with Gasteiger partial charge in [0.2, 0.25) is 0 Å². The summed E-state index contributed by atoms with van der Waals surface area (Å²) in [5.41, 5.74) is 0. The van der Waals surface area contributed by atoms with Gasteiger partial charge in [0.05, 0.1) is 0 Å². The molecule has 0 aliphatic carbocycles. The van der Waals surface area contributed by atoms with Crippen LogP contribution in [0.2, 0.25) is 0 Å². The molecule has 4 heteroatoms. The van der Waals surface area contributed by atoms with Crippen LogP contribution < -0.4 is 0 Å². The van der Waals surface area contributed by atoms with Crippen LogP contribution in [0.25, 0.3) is 0 Å². The van der Waals surface area contributed by atoms with Crippen LogP contribution in [0.1, 0.15) is 424 Å². The zero-order valence-electron chi connectivity index (χ0n) is 50.5. The first-order valence-corrected chi connectivity index (χ1v) is 34.7. The number of hydrogen-bond acceptors (Lipinski definition) is 2. The largest absolute Gasteiger partial charge is 0.481 e. The average Bonchev–Trinajstić information content (AvgIpc) is 3.39. The number of carbonyl (C=O) groups is 2. The van der Waals surface area contributed by atoms with E-state index in [4.69, 9.17) is 10.2 Å². The Morgan fingerprint density at radius 3 is 0.432 bits per heavy atom. The summed E-state index contributed by atoms with van der Waals surface area (Å²) in [4.78, 5) is 21.0. The highest BCUT2D eigenvalue weighted by molar-refractivity contribution is 5.79. The molecule has 4 nitrogen and oxygen atoms in total. The minimum absolute atomic E-state index is 0.345. The molecule has 440 valence electrons. The minimum Gasteiger partial charge on any atom is -0.481 e. The van der Waals surface area contributed by atoms with Gasteiger partial charge in [-0.25, -0.2) is 4.79 Å². The number of carboxylic acids is 2. The molecule has 0 radical (unpaired) electrons. The highest BCUT2D eigenvalue weighted by Crippen LogP contribution is 2.20. The first kappa shape index (κ1) is 72.7. The highest BCUT2D eigenvalue weighted by atomic mass is 16.4. The number of unbranched alkanes of at least 4 members (excludes halogenated alkanes) is 64. The fourth-order valence-corrected chi connectivity index (χ4v) is 11.7. The molecule has 0 saturated heterocycles. The fourth-order valence-electron chi connectivity index (χ4n) is 11.7. The van der Waals surface area contributed by atoms with E-state index in [9.17, 15) is 9.59 Å². The topological polar surface area (TPSA) is 74.6 Å². The second kappa shape index (κ2) is 67.8. The van der Waals surface area contributed by atoms with Gasteiger partial charge in [-0.2, -0.15) is 0 Å². The molecular formula is C70H136O4. The Bertz CT molecular complexity index is 1070. The Morgan fingerprint density at radius 2 is 0.311 bits per heavy atom. The third-order valence-corrected chi connectivity index (χ3v) is 16.8. The van der Waals surface area contributed by atoms with Gasteiger partial charge >= 0.3 is 11.9 Å². The summed E-state index contributed by atoms with van der Waals surface area (Å²) in [6, 6.07) is 0. The van der Waals surface area contributed by atoms with Gasteiger partial charge in [0.15, 0.2) is 0 Å². The summed E-state index contributed by atoms with van der Waals surface area (Å²) in [5, 5.41) is 17.3. The molecule has 2 N–H and O–H groups in total. The zero-order valence-corrected chi connectivity index (χ0v) is 50.5. The monoisotopic (exact) mass is 1040 g/mol. The molecule has 0 rings (SSSR count). The molecule has 0 saturated carbocycles. The Hall–Kier alpha value is -1.32. The van der Waals surface area contributed by atoms with Gasteiger partial charge in [-0.05, 0) is 19.3 Å². The lowest BCUT2D eigenvalue weighted by Crippen LogP contribution is -1.93. The lowest BCUT2D eigenvalue weighted by atomic mass is 10.0. The van der Waals surface area contributed by atoms with E-state index in [2.05, 4.69) is 0 Å². The molecule has 0 spiro atoms. The molecule has 0 heterocycles. The van der Waals surface area contributed by atoms with Crippen LogP contribution >= 0.6 is 0 Å². The molecule has 0 aromatic carbocycles. The summed E-state index contributed by atoms with van der Waals surface area (Å²) in [7, 11) is 0. The maximum Gasteiger partial charge on any atom is 0.327 e. The number of rotatable bonds is 68. The molecule has 0 aromatic rings. The predicted octanol–water partition coefficient (Wildman–Crippen LogP) is 25.5. The molecule has 0 fully saturated rings. The van der Waals surface area contributed by atoms with E-state index in [-0.39, 0.29) is 0 Å². The molecule has 0 bridgehead atoms. The smallest absolute Gasteiger partial charge is 0.327 e. The van der Waals surface area contributed by atoms with E-state index in [1.807, 2.05) is 0 Å². The van der Waals surface area contributed by atoms with Crippen LogP contribution in [-0.2, 0) is 9.59 Å². The van der Waals surface area contributed by atoms with E-state index < -0.39 is 11.9 Å². The highest BCUT2D eigenvalue weighted by Gasteiger charge is 2.01. The summed E-state index contributed by atoms with van der Waals surface area (Å²) < 4.78 is 0. The van der Waals surface area contributed by atoms with Crippen molar-refractivity contribution in [3.8, 4) is 0 Å². The van der Waals surface area contributed by atoms with Crippen molar-refractivity contribution in [1.29, 1.82) is 0 Å². The van der Waals surface area contributed by atoms with Crippen molar-refractivity contribution < 1.29 is 19.8 Å². The van der Waals surface area contributed by atoms with Gasteiger partial charge in [-0.1, -0.05) is 404 Å². The minimum atomic E-state index is -0.827. The normalized spacial score (nSPS) is 11.7. The third-order valence-electron chi connectivity index (χ3n) is 16.8. The van der Waals surface area contributed by atoms with E-state index in [1.165, 1.54) is 398 Å². The van der Waals surface area contributed by atoms with Crippen molar-refractivity contribution in [2.75, 3.05) is 0 Å². The Morgan fingerprint density at radius 1 is 0.189 bits per heavy atom. The molecule has 0 amide bonds. The van der Waals surface area contributed by atoms with Crippen LogP contribution in [0, 0.1) is 0 Å². The lowest BCUT2D eigenvalue weighted by molar-refractivity contribution is -0.137. The van der Waals surface area contributed by atoms with Gasteiger partial charge in [0.1, 0.15) is 0 Å². The quantitative estimate of drug-likeness (QED) is 0.0470. The van der Waals surface area contributed by atoms with E-state index in [0.717, 1.165) is 25.7 Å². The Kier molecular flexibility index (Phi) is 66.6. The van der Waals surface area contributed by atoms with Gasteiger partial charge < -0.3 is 10.2 Å². The van der Waals surface area contributed by atoms with Crippen molar-refractivity contribution >= 4 is 11.9 Å². The fraction of sp³-hybridized carbons (Fsp3) is 0.943. The Labute approximate surface area is 465 Å². The van der Waals surface area contributed by atoms with Crippen molar-refractivity contribution in [2.24, 2.45) is 0 Å². The summed E-state index contributed by atoms with van der Waals surface area (Å²) in [5.74, 6) is -1.47. The molecule has 0 atom stereocenters. The second-order valence-electron chi connectivity index (χ2n) is 24.3. The number of aliphatic carboxylic acids is 2. The van der Waals surface area contributed by atoms with Gasteiger partial charge in [-0.15, -0.1) is 0 Å². The summed E-state index contributed by atoms with van der Waals surface area (Å²) in [6.45, 7) is 0. The zero-order chi connectivity index (χ0) is 53.2. The summed E-state index contributed by atoms with van der Waals surface area (Å²) >= 11 is 0. The van der Waals surface area contributed by atoms with Crippen molar-refractivity contribution in [1.82, 2.24) is 0 Å². The van der Waals surface area contributed by atoms with Gasteiger partial charge in [0, 0.05) is 12.5 Å². The van der Waals surface area contributed by atoms with Crippen molar-refractivity contribution in [3.05, 3.63) is 12.2 Å². The number of allylic oxidation sites excluding steroid dienone is 1. The molecule has 0 unspecified atom stereocenters. The standard InChI is InChI=1S/C70H136O4/c71-69(72)67-65-63-61-59-57-55-53-51-49-47-45-43-41-39-37-35-33-31-29-27-25-23-21-19-17-15-13-11-9-7-5-3-1-2-4-6-8-10-12-14-16-18-20-22-24-26-28-30-32-34-36-38-40-42-44-46-48-50-52-54-56-58-60-62-64-66-68-70(73)74/h65,67H,1-64,66,68H2,(H,71,72)(H,73,74). The first-order chi connectivity index (χ1) is 36.6. The van der Waals surface area contributed by atoms with Crippen molar-refractivity contribution in [2.45, 2.75) is 424 Å². The van der Waals surface area contributed by atoms with Crippen LogP contribution in [0.3, 0.4) is 0 Å². The van der Waals surface area contributed by atoms with E-state index in [1.54, 1.807) is 6.08 Å². The Balaban J connectivity index is 3.08. The summed E-state index contributed by atoms with van der Waals surface area (Å²) in [6.07, 6.45) is 95.5. The van der Waals surface area contributed by atoms with E-state index in [0.29, 0.717) is 6.42 Å². The van der Waals surface area contributed by atoms with E-state index >= 15 is 0 Å². The van der Waals surface area contributed by atoms with Gasteiger partial charge in [0.25, 0.3) is 0 Å². The third kappa shape index (κ3) is 70.7. The van der Waals surface area contributed by atoms with Gasteiger partial charge in [-0.3, -0.25) is 4.79 Å². The maximum absolute atomic E-state index is 10.5. The van der Waals surface area contributed by atoms with Crippen LogP contribution in [0.4, 0.5) is 0 Å². The van der Waals surface area contributed by atoms with Crippen LogP contribution in [0.15, 0.2) is 12.2 Å². The number of carboxylic acid groups (broad SMARTS) is 2. The van der Waals surface area contributed by atoms with Crippen LogP contribution in [0.5, 0.6) is 0 Å². The average molecular weight is 1040 g/mol. The SMILES string of the molecule is O=C(O)C=CCCCCCCCCCCCCCCCCCCCCCCCCCCCCCCCCCCCCCCCCCCCCCCCCCCCCCCCCCCCCCCCCCCC(=O)O. The lowest BCUT2D eigenvalue weighted by Gasteiger charge is -2.05. The predicted molar refractivity (Wildman–Crippen MR) is 329 cm³/mol. The first-order valence-electron chi connectivity index (χ1n) is 34.7. The molecule has 0 aliphatic rings. The van der Waals surface area contributed by atoms with Crippen LogP contribution in [-0.4, -0.2) is 22.2 Å². The molecule has 0 aliphatic heterocycles. The number of hydrogen-bond donors (Lipinski definition) is 2. The van der Waals surface area contributed by atoms with Crippen molar-refractivity contribution in [3.63, 3.8) is 0 Å². The maximum atomic E-state index is 10.5. The molecular weight excluding hydrogens is 905 g/mol. The second-order valence-corrected chi connectivity index (χ2v) is 24.3. The molecule has 0 aromatic heterocycles.